The van der Waals surface area contributed by atoms with E-state index in [9.17, 15) is 18.9 Å². The quantitative estimate of drug-likeness (QED) is 0.493. The van der Waals surface area contributed by atoms with Gasteiger partial charge in [-0.3, -0.25) is 10.1 Å². The molecular formula is C10H12F2N2O2. The van der Waals surface area contributed by atoms with Crippen molar-refractivity contribution in [1.82, 2.24) is 0 Å². The van der Waals surface area contributed by atoms with E-state index < -0.39 is 27.9 Å². The van der Waals surface area contributed by atoms with Crippen molar-refractivity contribution in [3.8, 4) is 0 Å². The lowest BCUT2D eigenvalue weighted by Crippen LogP contribution is -2.08. The minimum atomic E-state index is -1.10. The fourth-order valence-corrected chi connectivity index (χ4v) is 1.48. The van der Waals surface area contributed by atoms with Gasteiger partial charge in [-0.05, 0) is 12.3 Å². The van der Waals surface area contributed by atoms with E-state index in [0.29, 0.717) is 6.07 Å². The zero-order valence-electron chi connectivity index (χ0n) is 8.96. The molecule has 0 atom stereocenters. The third-order valence-electron chi connectivity index (χ3n) is 2.13. The van der Waals surface area contributed by atoms with Crippen molar-refractivity contribution in [2.24, 2.45) is 5.92 Å². The number of halogens is 2. The van der Waals surface area contributed by atoms with Gasteiger partial charge >= 0.3 is 5.69 Å². The van der Waals surface area contributed by atoms with Crippen molar-refractivity contribution >= 4 is 11.4 Å². The summed E-state index contributed by atoms with van der Waals surface area (Å²) in [4.78, 5) is 9.87. The molecule has 0 aliphatic rings. The van der Waals surface area contributed by atoms with Crippen LogP contribution in [0.1, 0.15) is 19.4 Å². The molecule has 88 valence electrons. The van der Waals surface area contributed by atoms with Gasteiger partial charge in [0, 0.05) is 6.07 Å². The van der Waals surface area contributed by atoms with Gasteiger partial charge in [-0.2, -0.15) is 0 Å². The molecular weight excluding hydrogens is 218 g/mol. The maximum atomic E-state index is 13.4. The average Bonchev–Trinajstić information content (AvgIpc) is 2.13. The molecule has 0 bridgehead atoms. The Morgan fingerprint density at radius 1 is 1.44 bits per heavy atom. The molecule has 0 saturated carbocycles. The predicted molar refractivity (Wildman–Crippen MR) is 56.0 cm³/mol. The van der Waals surface area contributed by atoms with Gasteiger partial charge in [-0.1, -0.05) is 13.8 Å². The lowest BCUT2D eigenvalue weighted by Gasteiger charge is -2.09. The highest BCUT2D eigenvalue weighted by Gasteiger charge is 2.26. The van der Waals surface area contributed by atoms with Crippen LogP contribution in [-0.2, 0) is 6.42 Å². The summed E-state index contributed by atoms with van der Waals surface area (Å²) in [7, 11) is 0. The van der Waals surface area contributed by atoms with E-state index in [1.807, 2.05) is 0 Å². The number of nitrogen functional groups attached to an aromatic ring is 1. The fourth-order valence-electron chi connectivity index (χ4n) is 1.48. The van der Waals surface area contributed by atoms with Gasteiger partial charge in [0.2, 0.25) is 0 Å². The molecule has 0 fully saturated rings. The molecule has 0 amide bonds. The molecule has 0 aromatic heterocycles. The SMILES string of the molecule is CC(C)Cc1c(F)cc(F)c(N)c1[N+](=O)[O-]. The molecule has 0 unspecified atom stereocenters. The molecule has 1 aromatic rings. The molecule has 2 N–H and O–H groups in total. The number of hydrogen-bond acceptors (Lipinski definition) is 3. The number of benzene rings is 1. The van der Waals surface area contributed by atoms with E-state index in [1.54, 1.807) is 13.8 Å². The topological polar surface area (TPSA) is 69.2 Å². The first-order valence-corrected chi connectivity index (χ1v) is 4.75. The van der Waals surface area contributed by atoms with Gasteiger partial charge in [0.1, 0.15) is 11.5 Å². The number of hydrogen-bond donors (Lipinski definition) is 1. The smallest absolute Gasteiger partial charge is 0.301 e. The molecule has 0 saturated heterocycles. The Balaban J connectivity index is 3.44. The van der Waals surface area contributed by atoms with Gasteiger partial charge in [0.15, 0.2) is 5.82 Å². The Labute approximate surface area is 91.2 Å². The van der Waals surface area contributed by atoms with Crippen LogP contribution < -0.4 is 5.73 Å². The van der Waals surface area contributed by atoms with Crippen LogP contribution in [0.3, 0.4) is 0 Å². The third-order valence-corrected chi connectivity index (χ3v) is 2.13. The molecule has 6 heteroatoms. The van der Waals surface area contributed by atoms with E-state index in [1.165, 1.54) is 0 Å². The van der Waals surface area contributed by atoms with Gasteiger partial charge < -0.3 is 5.73 Å². The molecule has 1 rings (SSSR count). The van der Waals surface area contributed by atoms with Crippen molar-refractivity contribution in [3.63, 3.8) is 0 Å². The number of nitrogens with two attached hydrogens (primary N) is 1. The highest BCUT2D eigenvalue weighted by atomic mass is 19.1. The summed E-state index contributed by atoms with van der Waals surface area (Å²) in [5, 5.41) is 10.7. The van der Waals surface area contributed by atoms with Gasteiger partial charge in [0.05, 0.1) is 10.5 Å². The molecule has 4 nitrogen and oxygen atoms in total. The maximum absolute atomic E-state index is 13.4. The number of nitro benzene ring substituents is 1. The summed E-state index contributed by atoms with van der Waals surface area (Å²) >= 11 is 0. The van der Waals surface area contributed by atoms with Crippen LogP contribution in [0.4, 0.5) is 20.2 Å². The molecule has 0 spiro atoms. The Bertz CT molecular complexity index is 433. The number of nitro groups is 1. The first-order chi connectivity index (χ1) is 7.34. The van der Waals surface area contributed by atoms with Gasteiger partial charge in [-0.25, -0.2) is 8.78 Å². The van der Waals surface area contributed by atoms with Crippen LogP contribution in [0.25, 0.3) is 0 Å². The summed E-state index contributed by atoms with van der Waals surface area (Å²) in [5.41, 5.74) is 3.84. The first kappa shape index (κ1) is 12.4. The molecule has 1 aromatic carbocycles. The zero-order valence-corrected chi connectivity index (χ0v) is 8.96. The summed E-state index contributed by atoms with van der Waals surface area (Å²) in [6.07, 6.45) is 0.145. The standard InChI is InChI=1S/C10H12F2N2O2/c1-5(2)3-6-7(11)4-8(12)9(13)10(6)14(15)16/h4-5H,3,13H2,1-2H3. The van der Waals surface area contributed by atoms with E-state index >= 15 is 0 Å². The van der Waals surface area contributed by atoms with Crippen LogP contribution in [0.2, 0.25) is 0 Å². The summed E-state index contributed by atoms with van der Waals surface area (Å²) in [6, 6.07) is 0.583. The van der Waals surface area contributed by atoms with E-state index in [2.05, 4.69) is 0 Å². The Morgan fingerprint density at radius 3 is 2.44 bits per heavy atom. The molecule has 0 aliphatic carbocycles. The number of anilines is 1. The van der Waals surface area contributed by atoms with Crippen molar-refractivity contribution in [3.05, 3.63) is 33.4 Å². The van der Waals surface area contributed by atoms with Gasteiger partial charge in [-0.15, -0.1) is 0 Å². The van der Waals surface area contributed by atoms with Crippen LogP contribution in [0, 0.1) is 27.7 Å². The predicted octanol–water partition coefficient (Wildman–Crippen LogP) is 2.65. The second kappa shape index (κ2) is 4.42. The van der Waals surface area contributed by atoms with Crippen LogP contribution in [0.15, 0.2) is 6.07 Å². The zero-order chi connectivity index (χ0) is 12.5. The Kier molecular flexibility index (Phi) is 3.41. The summed E-state index contributed by atoms with van der Waals surface area (Å²) in [6.45, 7) is 3.56. The Morgan fingerprint density at radius 2 is 2.00 bits per heavy atom. The Hall–Kier alpha value is -1.72. The van der Waals surface area contributed by atoms with Crippen LogP contribution in [-0.4, -0.2) is 4.92 Å². The van der Waals surface area contributed by atoms with Crippen LogP contribution >= 0.6 is 0 Å². The minimum absolute atomic E-state index is 0.0121. The van der Waals surface area contributed by atoms with Crippen molar-refractivity contribution in [1.29, 1.82) is 0 Å². The van der Waals surface area contributed by atoms with E-state index in [0.717, 1.165) is 0 Å². The molecule has 0 radical (unpaired) electrons. The first-order valence-electron chi connectivity index (χ1n) is 4.75. The number of nitrogens with zero attached hydrogens (tertiary/aromatic N) is 1. The van der Waals surface area contributed by atoms with Crippen molar-refractivity contribution < 1.29 is 13.7 Å². The highest BCUT2D eigenvalue weighted by molar-refractivity contribution is 5.63. The average molecular weight is 230 g/mol. The van der Waals surface area contributed by atoms with Crippen molar-refractivity contribution in [2.75, 3.05) is 5.73 Å². The molecule has 16 heavy (non-hydrogen) atoms. The lowest BCUT2D eigenvalue weighted by molar-refractivity contribution is -0.385. The normalized spacial score (nSPS) is 10.8. The van der Waals surface area contributed by atoms with Crippen LogP contribution in [0.5, 0.6) is 0 Å². The minimum Gasteiger partial charge on any atom is -0.391 e. The van der Waals surface area contributed by atoms with E-state index in [-0.39, 0.29) is 17.9 Å². The van der Waals surface area contributed by atoms with Crippen molar-refractivity contribution in [2.45, 2.75) is 20.3 Å². The summed E-state index contributed by atoms with van der Waals surface area (Å²) in [5.74, 6) is -2.01. The molecule has 0 heterocycles. The molecule has 0 aliphatic heterocycles. The second-order valence-corrected chi connectivity index (χ2v) is 3.94. The number of rotatable bonds is 3. The van der Waals surface area contributed by atoms with E-state index in [4.69, 9.17) is 5.73 Å². The largest absolute Gasteiger partial charge is 0.391 e. The summed E-state index contributed by atoms with van der Waals surface area (Å²) < 4.78 is 26.5. The van der Waals surface area contributed by atoms with Gasteiger partial charge in [0.25, 0.3) is 0 Å². The maximum Gasteiger partial charge on any atom is 0.301 e. The second-order valence-electron chi connectivity index (χ2n) is 3.94. The monoisotopic (exact) mass is 230 g/mol. The fraction of sp³-hybridized carbons (Fsp3) is 0.400. The highest BCUT2D eigenvalue weighted by Crippen LogP contribution is 2.32. The third kappa shape index (κ3) is 2.26. The lowest BCUT2D eigenvalue weighted by atomic mass is 9.99.